The molecule has 0 unspecified atom stereocenters. The van der Waals surface area contributed by atoms with Gasteiger partial charge in [0.25, 0.3) is 5.91 Å². The average molecular weight is 564 g/mol. The molecule has 1 aromatic carbocycles. The largest absolute Gasteiger partial charge is 0.481 e. The van der Waals surface area contributed by atoms with Crippen molar-refractivity contribution < 1.29 is 33.0 Å². The van der Waals surface area contributed by atoms with E-state index in [1.165, 1.54) is 12.1 Å². The van der Waals surface area contributed by atoms with Crippen LogP contribution in [-0.4, -0.2) is 104 Å². The van der Waals surface area contributed by atoms with Gasteiger partial charge in [-0.3, -0.25) is 14.5 Å². The van der Waals surface area contributed by atoms with Gasteiger partial charge in [0.2, 0.25) is 5.67 Å². The minimum absolute atomic E-state index is 0.0951. The summed E-state index contributed by atoms with van der Waals surface area (Å²) in [6.07, 6.45) is 5.90. The number of carboxylic acids is 1. The lowest BCUT2D eigenvalue weighted by molar-refractivity contribution is -0.145. The number of amides is 1. The molecule has 3 aliphatic heterocycles. The van der Waals surface area contributed by atoms with Crippen molar-refractivity contribution in [3.63, 3.8) is 0 Å². The van der Waals surface area contributed by atoms with Crippen molar-refractivity contribution in [2.24, 2.45) is 5.92 Å². The van der Waals surface area contributed by atoms with Gasteiger partial charge in [-0.2, -0.15) is 0 Å². The van der Waals surface area contributed by atoms with Crippen LogP contribution in [-0.2, 0) is 19.1 Å². The van der Waals surface area contributed by atoms with Crippen molar-refractivity contribution in [1.82, 2.24) is 9.80 Å². The van der Waals surface area contributed by atoms with Crippen LogP contribution in [0.25, 0.3) is 0 Å². The van der Waals surface area contributed by atoms with E-state index in [-0.39, 0.29) is 48.8 Å². The van der Waals surface area contributed by atoms with Gasteiger partial charge in [-0.1, -0.05) is 6.07 Å². The number of methoxy groups -OCH3 is 2. The van der Waals surface area contributed by atoms with Gasteiger partial charge in [0.1, 0.15) is 5.82 Å². The van der Waals surface area contributed by atoms with Gasteiger partial charge in [-0.25, -0.2) is 8.78 Å². The number of carboxylic acid groups (broad SMARTS) is 1. The van der Waals surface area contributed by atoms with Crippen molar-refractivity contribution in [3.05, 3.63) is 29.6 Å². The lowest BCUT2D eigenvalue weighted by atomic mass is 9.92. The highest BCUT2D eigenvalue weighted by atomic mass is 19.1. The number of halogens is 2. The third-order valence-electron chi connectivity index (χ3n) is 9.78. The van der Waals surface area contributed by atoms with E-state index in [0.29, 0.717) is 52.0 Å². The summed E-state index contributed by atoms with van der Waals surface area (Å²) in [6, 6.07) is 4.73. The molecule has 222 valence electrons. The molecule has 1 N–H and O–H groups in total. The van der Waals surface area contributed by atoms with Crippen LogP contribution in [0.15, 0.2) is 18.2 Å². The molecule has 8 nitrogen and oxygen atoms in total. The molecule has 0 bridgehead atoms. The Morgan fingerprint density at radius 3 is 2.45 bits per heavy atom. The number of likely N-dealkylation sites (tertiary alicyclic amines) is 2. The summed E-state index contributed by atoms with van der Waals surface area (Å²) in [5.74, 6) is -2.09. The smallest absolute Gasteiger partial charge is 0.306 e. The molecular weight excluding hydrogens is 520 g/mol. The van der Waals surface area contributed by atoms with Crippen LogP contribution < -0.4 is 4.90 Å². The number of alkyl halides is 1. The lowest BCUT2D eigenvalue weighted by Crippen LogP contribution is -2.51. The molecule has 1 saturated carbocycles. The molecule has 1 aromatic rings. The molecule has 4 aliphatic rings. The van der Waals surface area contributed by atoms with Crippen LogP contribution in [0.1, 0.15) is 62.8 Å². The molecular formula is C30H43F2N3O5. The second-order valence-corrected chi connectivity index (χ2v) is 12.2. The Balaban J connectivity index is 1.30. The van der Waals surface area contributed by atoms with Gasteiger partial charge in [0.15, 0.2) is 0 Å². The second-order valence-electron chi connectivity index (χ2n) is 12.2. The molecule has 4 fully saturated rings. The van der Waals surface area contributed by atoms with Crippen molar-refractivity contribution in [1.29, 1.82) is 0 Å². The molecule has 1 amide bonds. The van der Waals surface area contributed by atoms with Crippen LogP contribution >= 0.6 is 0 Å². The number of anilines is 1. The maximum absolute atomic E-state index is 16.4. The van der Waals surface area contributed by atoms with Crippen molar-refractivity contribution >= 4 is 17.6 Å². The summed E-state index contributed by atoms with van der Waals surface area (Å²) >= 11 is 0. The van der Waals surface area contributed by atoms with Crippen molar-refractivity contribution in [3.8, 4) is 0 Å². The van der Waals surface area contributed by atoms with Crippen LogP contribution in [0.3, 0.4) is 0 Å². The van der Waals surface area contributed by atoms with E-state index in [2.05, 4.69) is 9.80 Å². The van der Waals surface area contributed by atoms with Crippen LogP contribution in [0, 0.1) is 11.7 Å². The highest BCUT2D eigenvalue weighted by Crippen LogP contribution is 2.41. The molecule has 10 heteroatoms. The third-order valence-corrected chi connectivity index (χ3v) is 9.78. The first-order valence-electron chi connectivity index (χ1n) is 14.8. The summed E-state index contributed by atoms with van der Waals surface area (Å²) in [6.45, 7) is 2.41. The number of benzene rings is 1. The number of aliphatic carboxylic acids is 1. The summed E-state index contributed by atoms with van der Waals surface area (Å²) in [7, 11) is 3.33. The summed E-state index contributed by atoms with van der Waals surface area (Å²) < 4.78 is 41.7. The Bertz CT molecular complexity index is 1060. The number of piperidine rings is 1. The molecule has 0 spiro atoms. The third kappa shape index (κ3) is 5.99. The van der Waals surface area contributed by atoms with E-state index in [1.54, 1.807) is 25.2 Å². The maximum atomic E-state index is 16.4. The van der Waals surface area contributed by atoms with E-state index in [4.69, 9.17) is 9.47 Å². The number of nitrogens with zero attached hydrogens (tertiary/aromatic N) is 3. The molecule has 0 radical (unpaired) electrons. The Morgan fingerprint density at radius 2 is 1.80 bits per heavy atom. The van der Waals surface area contributed by atoms with Gasteiger partial charge in [0, 0.05) is 71.0 Å². The lowest BCUT2D eigenvalue weighted by Gasteiger charge is -2.35. The number of carbonyl (C=O) groups is 2. The zero-order valence-electron chi connectivity index (χ0n) is 23.7. The number of ether oxygens (including phenoxy) is 2. The topological polar surface area (TPSA) is 82.5 Å². The van der Waals surface area contributed by atoms with Crippen LogP contribution in [0.5, 0.6) is 0 Å². The number of carbonyl (C=O) groups excluding carboxylic acids is 1. The minimum atomic E-state index is -1.93. The summed E-state index contributed by atoms with van der Waals surface area (Å²) in [5.41, 5.74) is -0.265. The fourth-order valence-electron chi connectivity index (χ4n) is 7.43. The highest BCUT2D eigenvalue weighted by Gasteiger charge is 2.52. The predicted molar refractivity (Wildman–Crippen MR) is 147 cm³/mol. The van der Waals surface area contributed by atoms with Crippen molar-refractivity contribution in [2.75, 3.05) is 58.5 Å². The van der Waals surface area contributed by atoms with Crippen molar-refractivity contribution in [2.45, 2.75) is 81.1 Å². The number of rotatable bonds is 8. The number of hydrogen-bond acceptors (Lipinski definition) is 6. The average Bonchev–Trinajstić information content (AvgIpc) is 3.57. The van der Waals surface area contributed by atoms with Crippen LogP contribution in [0.4, 0.5) is 14.5 Å². The normalized spacial score (nSPS) is 32.1. The Labute approximate surface area is 235 Å². The summed E-state index contributed by atoms with van der Waals surface area (Å²) in [4.78, 5) is 31.1. The molecule has 1 aliphatic carbocycles. The monoisotopic (exact) mass is 563 g/mol. The van der Waals surface area contributed by atoms with E-state index >= 15 is 4.39 Å². The first-order valence-corrected chi connectivity index (χ1v) is 14.8. The Kier molecular flexibility index (Phi) is 8.97. The first-order chi connectivity index (χ1) is 19.2. The fraction of sp³-hybridized carbons (Fsp3) is 0.733. The van der Waals surface area contributed by atoms with Gasteiger partial charge in [-0.15, -0.1) is 0 Å². The van der Waals surface area contributed by atoms with E-state index in [1.807, 2.05) is 0 Å². The Hall–Kier alpha value is -2.30. The van der Waals surface area contributed by atoms with E-state index in [0.717, 1.165) is 36.9 Å². The highest BCUT2D eigenvalue weighted by molar-refractivity contribution is 5.86. The molecule has 3 heterocycles. The standard InChI is InChI=1S/C30H43F2N3O5/c1-39-18-24-15-21(26-8-3-22(31)16-27(26)33-12-9-20(10-13-33)28(36)37)17-35(24)29(38)30(32)11-14-34(19-30)23-4-6-25(40-2)7-5-23/h3,8,16,20-21,23-25H,4-7,9-15,17-19H2,1-2H3,(H,36,37)/t21-,23-,24+,25-,30-/m1/s1. The maximum Gasteiger partial charge on any atom is 0.306 e. The van der Waals surface area contributed by atoms with E-state index in [9.17, 15) is 19.1 Å². The number of hydrogen-bond donors (Lipinski definition) is 1. The molecule has 5 rings (SSSR count). The van der Waals surface area contributed by atoms with Gasteiger partial charge < -0.3 is 24.4 Å². The molecule has 40 heavy (non-hydrogen) atoms. The fourth-order valence-corrected chi connectivity index (χ4v) is 7.43. The Morgan fingerprint density at radius 1 is 1.07 bits per heavy atom. The quantitative estimate of drug-likeness (QED) is 0.515. The minimum Gasteiger partial charge on any atom is -0.481 e. The van der Waals surface area contributed by atoms with Gasteiger partial charge >= 0.3 is 5.97 Å². The van der Waals surface area contributed by atoms with Gasteiger partial charge in [-0.05, 0) is 62.6 Å². The molecule has 3 atom stereocenters. The van der Waals surface area contributed by atoms with Crippen LogP contribution in [0.2, 0.25) is 0 Å². The predicted octanol–water partition coefficient (Wildman–Crippen LogP) is 3.83. The SMILES string of the molecule is COC[C@@H]1C[C@@H](c2ccc(F)cc2N2CCC(C(=O)O)CC2)CN1C(=O)[C@@]1(F)CCN([C@H]2CC[C@H](OC)CC2)C1. The van der Waals surface area contributed by atoms with E-state index < -0.39 is 17.5 Å². The second kappa shape index (κ2) is 12.3. The molecule has 3 saturated heterocycles. The molecule has 0 aromatic heterocycles. The van der Waals surface area contributed by atoms with Gasteiger partial charge in [0.05, 0.1) is 24.7 Å². The zero-order chi connectivity index (χ0) is 28.4. The zero-order valence-corrected chi connectivity index (χ0v) is 23.7. The first kappa shape index (κ1) is 29.2. The summed E-state index contributed by atoms with van der Waals surface area (Å²) in [5, 5.41) is 9.38.